The third-order valence-corrected chi connectivity index (χ3v) is 4.35. The van der Waals surface area contributed by atoms with Gasteiger partial charge in [-0.15, -0.1) is 0 Å². The first-order valence-electron chi connectivity index (χ1n) is 7.62. The van der Waals surface area contributed by atoms with Crippen LogP contribution in [0.15, 0.2) is 42.5 Å². The molecule has 0 spiro atoms. The number of ketones is 1. The summed E-state index contributed by atoms with van der Waals surface area (Å²) >= 11 is 0. The Balaban J connectivity index is 1.88. The highest BCUT2D eigenvalue weighted by atomic mass is 16.5. The van der Waals surface area contributed by atoms with Crippen LogP contribution in [0, 0.1) is 5.92 Å². The largest absolute Gasteiger partial charge is 0.497 e. The van der Waals surface area contributed by atoms with Gasteiger partial charge in [-0.25, -0.2) is 0 Å². The van der Waals surface area contributed by atoms with Gasteiger partial charge in [-0.2, -0.15) is 0 Å². The van der Waals surface area contributed by atoms with E-state index < -0.39 is 11.9 Å². The van der Waals surface area contributed by atoms with Crippen LogP contribution in [0.3, 0.4) is 0 Å². The first-order valence-corrected chi connectivity index (χ1v) is 7.62. The van der Waals surface area contributed by atoms with Gasteiger partial charge >= 0.3 is 5.97 Å². The summed E-state index contributed by atoms with van der Waals surface area (Å²) in [6, 6.07) is 13.6. The van der Waals surface area contributed by atoms with Crippen LogP contribution < -0.4 is 4.74 Å². The van der Waals surface area contributed by atoms with Crippen LogP contribution in [0.2, 0.25) is 0 Å². The lowest BCUT2D eigenvalue weighted by Crippen LogP contribution is -2.24. The highest BCUT2D eigenvalue weighted by molar-refractivity contribution is 6.02. The molecule has 1 aliphatic carbocycles. The Labute approximate surface area is 134 Å². The Morgan fingerprint density at radius 2 is 1.87 bits per heavy atom. The predicted octanol–water partition coefficient (Wildman–Crippen LogP) is 3.58. The smallest absolute Gasteiger partial charge is 0.304 e. The van der Waals surface area contributed by atoms with Gasteiger partial charge in [0.2, 0.25) is 0 Å². The summed E-state index contributed by atoms with van der Waals surface area (Å²) in [7, 11) is 1.63. The van der Waals surface area contributed by atoms with E-state index in [1.165, 1.54) is 0 Å². The first kappa shape index (κ1) is 15.3. The molecule has 0 amide bonds. The number of Topliss-reactive ketones (excluding diaryl/α,β-unsaturated/α-hetero) is 1. The number of hydrogen-bond acceptors (Lipinski definition) is 3. The molecule has 0 heterocycles. The fourth-order valence-corrected chi connectivity index (χ4v) is 3.09. The monoisotopic (exact) mass is 310 g/mol. The Bertz CT molecular complexity index is 746. The number of aryl methyl sites for hydroxylation is 1. The summed E-state index contributed by atoms with van der Waals surface area (Å²) in [5.41, 5.74) is 3.79. The van der Waals surface area contributed by atoms with Crippen LogP contribution in [0.5, 0.6) is 5.75 Å². The van der Waals surface area contributed by atoms with E-state index in [4.69, 9.17) is 9.84 Å². The number of carbonyl (C=O) groups excluding carboxylic acids is 1. The zero-order valence-electron chi connectivity index (χ0n) is 12.9. The quantitative estimate of drug-likeness (QED) is 0.937. The van der Waals surface area contributed by atoms with Crippen molar-refractivity contribution >= 4 is 11.8 Å². The lowest BCUT2D eigenvalue weighted by atomic mass is 9.80. The minimum Gasteiger partial charge on any atom is -0.497 e. The third kappa shape index (κ3) is 3.11. The molecule has 0 saturated carbocycles. The van der Waals surface area contributed by atoms with Gasteiger partial charge < -0.3 is 9.84 Å². The molecule has 1 atom stereocenters. The Morgan fingerprint density at radius 1 is 1.17 bits per heavy atom. The molecule has 1 unspecified atom stereocenters. The maximum absolute atomic E-state index is 12.4. The summed E-state index contributed by atoms with van der Waals surface area (Å²) < 4.78 is 5.16. The minimum atomic E-state index is -0.915. The van der Waals surface area contributed by atoms with Gasteiger partial charge in [0.15, 0.2) is 5.78 Å². The van der Waals surface area contributed by atoms with Crippen molar-refractivity contribution in [2.75, 3.05) is 7.11 Å². The second-order valence-corrected chi connectivity index (χ2v) is 5.80. The van der Waals surface area contributed by atoms with Gasteiger partial charge in [-0.3, -0.25) is 9.59 Å². The van der Waals surface area contributed by atoms with E-state index in [9.17, 15) is 9.59 Å². The van der Waals surface area contributed by atoms with Crippen LogP contribution in [-0.2, 0) is 11.2 Å². The van der Waals surface area contributed by atoms with E-state index in [1.54, 1.807) is 7.11 Å². The van der Waals surface area contributed by atoms with Crippen molar-refractivity contribution in [3.05, 3.63) is 53.6 Å². The van der Waals surface area contributed by atoms with E-state index in [-0.39, 0.29) is 12.2 Å². The molecule has 23 heavy (non-hydrogen) atoms. The molecule has 3 rings (SSSR count). The SMILES string of the molecule is COc1ccc(-c2ccc3c(c2)CCC(CC(=O)O)C3=O)cc1. The van der Waals surface area contributed by atoms with Crippen molar-refractivity contribution in [2.24, 2.45) is 5.92 Å². The summed E-state index contributed by atoms with van der Waals surface area (Å²) in [4.78, 5) is 23.3. The van der Waals surface area contributed by atoms with E-state index >= 15 is 0 Å². The Hall–Kier alpha value is -2.62. The number of aliphatic carboxylic acids is 1. The fourth-order valence-electron chi connectivity index (χ4n) is 3.09. The molecule has 118 valence electrons. The van der Waals surface area contributed by atoms with E-state index in [2.05, 4.69) is 0 Å². The number of rotatable bonds is 4. The molecule has 0 radical (unpaired) electrons. The molecule has 2 aromatic rings. The minimum absolute atomic E-state index is 0.0464. The van der Waals surface area contributed by atoms with Crippen molar-refractivity contribution < 1.29 is 19.4 Å². The Morgan fingerprint density at radius 3 is 2.52 bits per heavy atom. The lowest BCUT2D eigenvalue weighted by molar-refractivity contribution is -0.137. The first-order chi connectivity index (χ1) is 11.1. The van der Waals surface area contributed by atoms with E-state index in [0.717, 1.165) is 28.9 Å². The van der Waals surface area contributed by atoms with Crippen molar-refractivity contribution in [3.8, 4) is 16.9 Å². The second-order valence-electron chi connectivity index (χ2n) is 5.80. The highest BCUT2D eigenvalue weighted by Crippen LogP contribution is 2.31. The van der Waals surface area contributed by atoms with Gasteiger partial charge in [0.25, 0.3) is 0 Å². The van der Waals surface area contributed by atoms with Gasteiger partial charge in [0.1, 0.15) is 5.75 Å². The average Bonchev–Trinajstić information content (AvgIpc) is 2.57. The van der Waals surface area contributed by atoms with Crippen molar-refractivity contribution in [2.45, 2.75) is 19.3 Å². The maximum Gasteiger partial charge on any atom is 0.304 e. The molecule has 4 nitrogen and oxygen atoms in total. The van der Waals surface area contributed by atoms with Gasteiger partial charge in [-0.05, 0) is 41.7 Å². The molecule has 0 bridgehead atoms. The highest BCUT2D eigenvalue weighted by Gasteiger charge is 2.29. The molecular formula is C19H18O4. The van der Waals surface area contributed by atoms with Crippen LogP contribution >= 0.6 is 0 Å². The van der Waals surface area contributed by atoms with E-state index in [1.807, 2.05) is 42.5 Å². The number of hydrogen-bond donors (Lipinski definition) is 1. The molecule has 1 N–H and O–H groups in total. The summed E-state index contributed by atoms with van der Waals surface area (Å²) in [5.74, 6) is -0.554. The third-order valence-electron chi connectivity index (χ3n) is 4.35. The van der Waals surface area contributed by atoms with Gasteiger partial charge in [-0.1, -0.05) is 30.3 Å². The zero-order valence-corrected chi connectivity index (χ0v) is 12.9. The van der Waals surface area contributed by atoms with Crippen molar-refractivity contribution in [1.82, 2.24) is 0 Å². The summed E-state index contributed by atoms with van der Waals surface area (Å²) in [6.45, 7) is 0. The molecule has 0 fully saturated rings. The van der Waals surface area contributed by atoms with Gasteiger partial charge in [0, 0.05) is 11.5 Å². The molecule has 0 saturated heterocycles. The number of methoxy groups -OCH3 is 1. The molecule has 4 heteroatoms. The van der Waals surface area contributed by atoms with Crippen molar-refractivity contribution in [3.63, 3.8) is 0 Å². The number of ether oxygens (including phenoxy) is 1. The standard InChI is InChI=1S/C19H18O4/c1-23-16-7-4-12(5-8-16)13-6-9-17-14(10-13)2-3-15(19(17)22)11-18(20)21/h4-10,15H,2-3,11H2,1H3,(H,20,21). The molecular weight excluding hydrogens is 292 g/mol. The maximum atomic E-state index is 12.4. The average molecular weight is 310 g/mol. The zero-order chi connectivity index (χ0) is 16.4. The summed E-state index contributed by atoms with van der Waals surface area (Å²) in [6.07, 6.45) is 1.26. The predicted molar refractivity (Wildman–Crippen MR) is 86.8 cm³/mol. The fraction of sp³-hybridized carbons (Fsp3) is 0.263. The number of carbonyl (C=O) groups is 2. The van der Waals surface area contributed by atoms with Crippen molar-refractivity contribution in [1.29, 1.82) is 0 Å². The molecule has 1 aliphatic rings. The Kier molecular flexibility index (Phi) is 4.15. The lowest BCUT2D eigenvalue weighted by Gasteiger charge is -2.22. The van der Waals surface area contributed by atoms with Crippen LogP contribution in [0.4, 0.5) is 0 Å². The molecule has 2 aromatic carbocycles. The number of carboxylic acid groups (broad SMARTS) is 1. The summed E-state index contributed by atoms with van der Waals surface area (Å²) in [5, 5.41) is 8.90. The second kappa shape index (κ2) is 6.24. The normalized spacial score (nSPS) is 16.7. The number of carboxylic acids is 1. The number of fused-ring (bicyclic) bond motifs is 1. The van der Waals surface area contributed by atoms with Crippen LogP contribution in [-0.4, -0.2) is 24.0 Å². The molecule has 0 aromatic heterocycles. The number of benzene rings is 2. The van der Waals surface area contributed by atoms with Crippen LogP contribution in [0.1, 0.15) is 28.8 Å². The molecule has 0 aliphatic heterocycles. The van der Waals surface area contributed by atoms with Crippen LogP contribution in [0.25, 0.3) is 11.1 Å². The van der Waals surface area contributed by atoms with E-state index in [0.29, 0.717) is 12.0 Å². The van der Waals surface area contributed by atoms with Gasteiger partial charge in [0.05, 0.1) is 13.5 Å². The topological polar surface area (TPSA) is 63.6 Å².